The van der Waals surface area contributed by atoms with Gasteiger partial charge in [0.15, 0.2) is 0 Å². The van der Waals surface area contributed by atoms with Crippen LogP contribution in [0.5, 0.6) is 0 Å². The third kappa shape index (κ3) is 3.97. The number of hydrogen-bond acceptors (Lipinski definition) is 2. The molecule has 0 aliphatic carbocycles. The molecule has 0 aromatic heterocycles. The predicted molar refractivity (Wildman–Crippen MR) is 80.0 cm³/mol. The lowest BCUT2D eigenvalue weighted by Crippen LogP contribution is -2.49. The van der Waals surface area contributed by atoms with Crippen molar-refractivity contribution in [3.8, 4) is 0 Å². The van der Waals surface area contributed by atoms with E-state index >= 15 is 0 Å². The first-order valence-electron chi connectivity index (χ1n) is 7.47. The molecule has 2 amide bonds. The average Bonchev–Trinajstić information content (AvgIpc) is 2.50. The SMILES string of the molecule is CCCCC(NC(=O)N1CCc2ccccc2C1)C(=O)O. The molecule has 1 unspecified atom stereocenters. The molecule has 0 spiro atoms. The Kier molecular flexibility index (Phi) is 5.20. The molecule has 0 saturated carbocycles. The number of fused-ring (bicyclic) bond motifs is 1. The summed E-state index contributed by atoms with van der Waals surface area (Å²) in [5.41, 5.74) is 2.40. The summed E-state index contributed by atoms with van der Waals surface area (Å²) in [5.74, 6) is -0.964. The Morgan fingerprint density at radius 2 is 2.05 bits per heavy atom. The van der Waals surface area contributed by atoms with Crippen molar-refractivity contribution in [3.05, 3.63) is 35.4 Å². The number of amides is 2. The van der Waals surface area contributed by atoms with Crippen molar-refractivity contribution in [2.75, 3.05) is 6.54 Å². The van der Waals surface area contributed by atoms with E-state index in [4.69, 9.17) is 0 Å². The maximum atomic E-state index is 12.2. The summed E-state index contributed by atoms with van der Waals surface area (Å²) >= 11 is 0. The monoisotopic (exact) mass is 290 g/mol. The van der Waals surface area contributed by atoms with E-state index in [2.05, 4.69) is 11.4 Å². The number of urea groups is 1. The fourth-order valence-corrected chi connectivity index (χ4v) is 2.58. The second-order valence-corrected chi connectivity index (χ2v) is 5.42. The number of nitrogens with one attached hydrogen (secondary N) is 1. The Hall–Kier alpha value is -2.04. The standard InChI is InChI=1S/C16H22N2O3/c1-2-3-8-14(15(19)20)17-16(21)18-10-9-12-6-4-5-7-13(12)11-18/h4-7,14H,2-3,8-11H2,1H3,(H,17,21)(H,19,20). The summed E-state index contributed by atoms with van der Waals surface area (Å²) in [4.78, 5) is 25.1. The van der Waals surface area contributed by atoms with Gasteiger partial charge in [0, 0.05) is 13.1 Å². The molecule has 5 nitrogen and oxygen atoms in total. The van der Waals surface area contributed by atoms with Crippen molar-refractivity contribution < 1.29 is 14.7 Å². The summed E-state index contributed by atoms with van der Waals surface area (Å²) in [5, 5.41) is 11.8. The van der Waals surface area contributed by atoms with Gasteiger partial charge < -0.3 is 15.3 Å². The largest absolute Gasteiger partial charge is 0.480 e. The van der Waals surface area contributed by atoms with E-state index in [0.29, 0.717) is 19.5 Å². The van der Waals surface area contributed by atoms with Gasteiger partial charge in [-0.1, -0.05) is 44.0 Å². The maximum Gasteiger partial charge on any atom is 0.326 e. The number of unbranched alkanes of at least 4 members (excludes halogenated alkanes) is 1. The van der Waals surface area contributed by atoms with Crippen LogP contribution in [0.2, 0.25) is 0 Å². The van der Waals surface area contributed by atoms with Gasteiger partial charge in [-0.3, -0.25) is 0 Å². The fourth-order valence-electron chi connectivity index (χ4n) is 2.58. The highest BCUT2D eigenvalue weighted by Gasteiger charge is 2.25. The van der Waals surface area contributed by atoms with Gasteiger partial charge in [-0.2, -0.15) is 0 Å². The summed E-state index contributed by atoms with van der Waals surface area (Å²) in [6, 6.07) is 6.97. The average molecular weight is 290 g/mol. The highest BCUT2D eigenvalue weighted by molar-refractivity contribution is 5.82. The third-order valence-electron chi connectivity index (χ3n) is 3.86. The van der Waals surface area contributed by atoms with Gasteiger partial charge in [-0.25, -0.2) is 9.59 Å². The molecule has 1 aliphatic heterocycles. The molecule has 0 fully saturated rings. The molecule has 21 heavy (non-hydrogen) atoms. The van der Waals surface area contributed by atoms with Crippen molar-refractivity contribution in [1.29, 1.82) is 0 Å². The molecular formula is C16H22N2O3. The Bertz CT molecular complexity index is 516. The topological polar surface area (TPSA) is 69.6 Å². The zero-order valence-corrected chi connectivity index (χ0v) is 12.3. The Labute approximate surface area is 125 Å². The van der Waals surface area contributed by atoms with Crippen LogP contribution >= 0.6 is 0 Å². The van der Waals surface area contributed by atoms with Crippen molar-refractivity contribution in [1.82, 2.24) is 10.2 Å². The molecule has 2 N–H and O–H groups in total. The van der Waals surface area contributed by atoms with Gasteiger partial charge in [-0.15, -0.1) is 0 Å². The quantitative estimate of drug-likeness (QED) is 0.875. The van der Waals surface area contributed by atoms with Crippen LogP contribution in [-0.4, -0.2) is 34.6 Å². The normalized spacial score (nSPS) is 15.2. The van der Waals surface area contributed by atoms with Gasteiger partial charge in [0.2, 0.25) is 0 Å². The molecule has 5 heteroatoms. The number of carbonyl (C=O) groups excluding carboxylic acids is 1. The molecule has 1 atom stereocenters. The van der Waals surface area contributed by atoms with E-state index in [1.165, 1.54) is 5.56 Å². The molecule has 1 aromatic rings. The number of aliphatic carboxylic acids is 1. The predicted octanol–water partition coefficient (Wildman–Crippen LogP) is 2.40. The number of rotatable bonds is 5. The highest BCUT2D eigenvalue weighted by atomic mass is 16.4. The molecule has 0 radical (unpaired) electrons. The van der Waals surface area contributed by atoms with Crippen LogP contribution in [-0.2, 0) is 17.8 Å². The van der Waals surface area contributed by atoms with E-state index in [0.717, 1.165) is 24.8 Å². The summed E-state index contributed by atoms with van der Waals surface area (Å²) in [6.45, 7) is 3.17. The number of benzene rings is 1. The van der Waals surface area contributed by atoms with Gasteiger partial charge in [0.25, 0.3) is 0 Å². The third-order valence-corrected chi connectivity index (χ3v) is 3.86. The minimum absolute atomic E-state index is 0.284. The van der Waals surface area contributed by atoms with E-state index in [1.54, 1.807) is 4.90 Å². The van der Waals surface area contributed by atoms with Gasteiger partial charge in [-0.05, 0) is 24.0 Å². The number of carboxylic acids is 1. The Balaban J connectivity index is 1.96. The fraction of sp³-hybridized carbons (Fsp3) is 0.500. The Morgan fingerprint density at radius 3 is 2.71 bits per heavy atom. The lowest BCUT2D eigenvalue weighted by molar-refractivity contribution is -0.139. The molecular weight excluding hydrogens is 268 g/mol. The van der Waals surface area contributed by atoms with E-state index in [-0.39, 0.29) is 6.03 Å². The minimum Gasteiger partial charge on any atom is -0.480 e. The molecule has 2 rings (SSSR count). The smallest absolute Gasteiger partial charge is 0.326 e. The summed E-state index contributed by atoms with van der Waals surface area (Å²) in [7, 11) is 0. The molecule has 0 bridgehead atoms. The van der Waals surface area contributed by atoms with E-state index in [9.17, 15) is 14.7 Å². The molecule has 1 aromatic carbocycles. The van der Waals surface area contributed by atoms with Crippen LogP contribution in [0.4, 0.5) is 4.79 Å². The summed E-state index contributed by atoms with van der Waals surface area (Å²) in [6.07, 6.45) is 3.00. The van der Waals surface area contributed by atoms with Crippen LogP contribution in [0.25, 0.3) is 0 Å². The first-order chi connectivity index (χ1) is 10.1. The highest BCUT2D eigenvalue weighted by Crippen LogP contribution is 2.18. The van der Waals surface area contributed by atoms with Gasteiger partial charge >= 0.3 is 12.0 Å². The lowest BCUT2D eigenvalue weighted by atomic mass is 10.0. The first-order valence-corrected chi connectivity index (χ1v) is 7.47. The minimum atomic E-state index is -0.964. The number of nitrogens with zero attached hydrogens (tertiary/aromatic N) is 1. The molecule has 114 valence electrons. The van der Waals surface area contributed by atoms with Crippen LogP contribution in [0.15, 0.2) is 24.3 Å². The van der Waals surface area contributed by atoms with Crippen LogP contribution in [0, 0.1) is 0 Å². The summed E-state index contributed by atoms with van der Waals surface area (Å²) < 4.78 is 0. The maximum absolute atomic E-state index is 12.2. The van der Waals surface area contributed by atoms with Crippen molar-refractivity contribution in [3.63, 3.8) is 0 Å². The van der Waals surface area contributed by atoms with Crippen LogP contribution in [0.1, 0.15) is 37.3 Å². The second-order valence-electron chi connectivity index (χ2n) is 5.42. The first kappa shape index (κ1) is 15.4. The van der Waals surface area contributed by atoms with Gasteiger partial charge in [0.05, 0.1) is 0 Å². The molecule has 1 heterocycles. The van der Waals surface area contributed by atoms with Crippen molar-refractivity contribution >= 4 is 12.0 Å². The van der Waals surface area contributed by atoms with E-state index in [1.807, 2.05) is 25.1 Å². The lowest BCUT2D eigenvalue weighted by Gasteiger charge is -2.30. The zero-order valence-electron chi connectivity index (χ0n) is 12.3. The van der Waals surface area contributed by atoms with Crippen molar-refractivity contribution in [2.45, 2.75) is 45.2 Å². The van der Waals surface area contributed by atoms with E-state index < -0.39 is 12.0 Å². The zero-order chi connectivity index (χ0) is 15.2. The molecule has 1 aliphatic rings. The van der Waals surface area contributed by atoms with Crippen LogP contribution in [0.3, 0.4) is 0 Å². The number of carboxylic acid groups (broad SMARTS) is 1. The number of carbonyl (C=O) groups is 2. The van der Waals surface area contributed by atoms with Crippen LogP contribution < -0.4 is 5.32 Å². The van der Waals surface area contributed by atoms with Crippen molar-refractivity contribution in [2.24, 2.45) is 0 Å². The second kappa shape index (κ2) is 7.11. The Morgan fingerprint density at radius 1 is 1.33 bits per heavy atom. The molecule has 0 saturated heterocycles. The number of hydrogen-bond donors (Lipinski definition) is 2. The van der Waals surface area contributed by atoms with Gasteiger partial charge in [0.1, 0.15) is 6.04 Å².